The van der Waals surface area contributed by atoms with Gasteiger partial charge in [0.05, 0.1) is 18.8 Å². The molecule has 0 radical (unpaired) electrons. The Labute approximate surface area is 111 Å². The number of alkyl halides is 2. The second-order valence-electron chi connectivity index (χ2n) is 3.72. The molecule has 0 spiro atoms. The Bertz CT molecular complexity index is 455. The molecular weight excluding hydrogens is 277 g/mol. The lowest BCUT2D eigenvalue weighted by atomic mass is 10.1. The molecule has 0 aliphatic rings. The Kier molecular flexibility index (Phi) is 5.91. The zero-order valence-corrected chi connectivity index (χ0v) is 12.0. The van der Waals surface area contributed by atoms with Gasteiger partial charge in [-0.1, -0.05) is 11.6 Å². The highest BCUT2D eigenvalue weighted by Crippen LogP contribution is 2.50. The van der Waals surface area contributed by atoms with Crippen LogP contribution in [0.5, 0.6) is 5.75 Å². The molecule has 0 unspecified atom stereocenters. The minimum Gasteiger partial charge on any atom is -0.403 e. The first-order chi connectivity index (χ1) is 8.91. The molecule has 1 aromatic carbocycles. The third kappa shape index (κ3) is 4.56. The molecule has 7 heteroatoms. The largest absolute Gasteiger partial charge is 0.530 e. The standard InChI is InChI=1S/C12H17F2O4P/c1-4-16-19(15,17-5-2)18-11-7-6-9(3)8-10(11)12(13)14/h6-8,12H,4-5H2,1-3H3. The fraction of sp³-hybridized carbons (Fsp3) is 0.500. The van der Waals surface area contributed by atoms with Gasteiger partial charge in [0.1, 0.15) is 5.75 Å². The van der Waals surface area contributed by atoms with Gasteiger partial charge in [-0.3, -0.25) is 9.05 Å². The van der Waals surface area contributed by atoms with Gasteiger partial charge in [-0.15, -0.1) is 0 Å². The van der Waals surface area contributed by atoms with Crippen LogP contribution in [0.4, 0.5) is 8.78 Å². The van der Waals surface area contributed by atoms with Crippen molar-refractivity contribution in [1.82, 2.24) is 0 Å². The molecule has 0 heterocycles. The highest BCUT2D eigenvalue weighted by Gasteiger charge is 2.29. The number of aryl methyl sites for hydroxylation is 1. The molecule has 0 bridgehead atoms. The number of halogens is 2. The van der Waals surface area contributed by atoms with E-state index in [1.165, 1.54) is 12.1 Å². The van der Waals surface area contributed by atoms with E-state index in [4.69, 9.17) is 13.6 Å². The maximum atomic E-state index is 12.9. The van der Waals surface area contributed by atoms with Crippen molar-refractivity contribution in [1.29, 1.82) is 0 Å². The van der Waals surface area contributed by atoms with E-state index in [0.717, 1.165) is 0 Å². The molecule has 0 fully saturated rings. The summed E-state index contributed by atoms with van der Waals surface area (Å²) < 4.78 is 52.8. The molecule has 0 N–H and O–H groups in total. The van der Waals surface area contributed by atoms with Crippen molar-refractivity contribution in [2.24, 2.45) is 0 Å². The third-order valence-electron chi connectivity index (χ3n) is 2.18. The van der Waals surface area contributed by atoms with E-state index in [1.807, 2.05) is 0 Å². The summed E-state index contributed by atoms with van der Waals surface area (Å²) in [6.45, 7) is 5.08. The summed E-state index contributed by atoms with van der Waals surface area (Å²) in [7, 11) is -3.86. The van der Waals surface area contributed by atoms with Crippen LogP contribution in [-0.4, -0.2) is 13.2 Å². The SMILES string of the molecule is CCOP(=O)(OCC)Oc1ccc(C)cc1C(F)F. The monoisotopic (exact) mass is 294 g/mol. The van der Waals surface area contributed by atoms with E-state index in [0.29, 0.717) is 5.56 Å². The van der Waals surface area contributed by atoms with Crippen molar-refractivity contribution in [3.63, 3.8) is 0 Å². The first-order valence-electron chi connectivity index (χ1n) is 5.89. The molecule has 0 amide bonds. The van der Waals surface area contributed by atoms with Crippen LogP contribution in [0.1, 0.15) is 31.4 Å². The Morgan fingerprint density at radius 1 is 1.21 bits per heavy atom. The molecule has 1 aromatic rings. The maximum Gasteiger partial charge on any atom is 0.530 e. The van der Waals surface area contributed by atoms with Crippen molar-refractivity contribution >= 4 is 7.82 Å². The van der Waals surface area contributed by atoms with Crippen molar-refractivity contribution in [2.45, 2.75) is 27.2 Å². The quantitative estimate of drug-likeness (QED) is 0.695. The van der Waals surface area contributed by atoms with Crippen LogP contribution in [0.3, 0.4) is 0 Å². The maximum absolute atomic E-state index is 12.9. The summed E-state index contributed by atoms with van der Waals surface area (Å²) in [5, 5.41) is 0. The molecule has 0 saturated carbocycles. The molecular formula is C12H17F2O4P. The van der Waals surface area contributed by atoms with E-state index in [1.54, 1.807) is 26.8 Å². The molecule has 0 saturated heterocycles. The number of benzene rings is 1. The van der Waals surface area contributed by atoms with Gasteiger partial charge >= 0.3 is 7.82 Å². The smallest absolute Gasteiger partial charge is 0.403 e. The van der Waals surface area contributed by atoms with Gasteiger partial charge in [-0.25, -0.2) is 13.3 Å². The van der Waals surface area contributed by atoms with Gasteiger partial charge in [0, 0.05) is 0 Å². The average Bonchev–Trinajstić information content (AvgIpc) is 2.31. The first kappa shape index (κ1) is 16.1. The molecule has 4 nitrogen and oxygen atoms in total. The van der Waals surface area contributed by atoms with Gasteiger partial charge in [-0.05, 0) is 32.9 Å². The number of hydrogen-bond donors (Lipinski definition) is 0. The van der Waals surface area contributed by atoms with Crippen LogP contribution in [0.2, 0.25) is 0 Å². The zero-order chi connectivity index (χ0) is 14.5. The normalized spacial score (nSPS) is 11.9. The lowest BCUT2D eigenvalue weighted by molar-refractivity contribution is 0.142. The second kappa shape index (κ2) is 6.98. The van der Waals surface area contributed by atoms with E-state index in [-0.39, 0.29) is 24.5 Å². The number of phosphoric acid groups is 1. The number of rotatable bonds is 7. The van der Waals surface area contributed by atoms with E-state index >= 15 is 0 Å². The predicted octanol–water partition coefficient (Wildman–Crippen LogP) is 4.49. The van der Waals surface area contributed by atoms with Gasteiger partial charge in [0.2, 0.25) is 0 Å². The Morgan fingerprint density at radius 3 is 2.26 bits per heavy atom. The third-order valence-corrected chi connectivity index (χ3v) is 3.75. The number of hydrogen-bond acceptors (Lipinski definition) is 4. The van der Waals surface area contributed by atoms with Gasteiger partial charge in [0.25, 0.3) is 6.43 Å². The Hall–Kier alpha value is -0.970. The molecule has 19 heavy (non-hydrogen) atoms. The van der Waals surface area contributed by atoms with Crippen LogP contribution in [0.25, 0.3) is 0 Å². The van der Waals surface area contributed by atoms with Crippen molar-refractivity contribution in [3.05, 3.63) is 29.3 Å². The minimum atomic E-state index is -3.86. The van der Waals surface area contributed by atoms with Crippen molar-refractivity contribution < 1.29 is 26.9 Å². The van der Waals surface area contributed by atoms with Crippen LogP contribution in [-0.2, 0) is 13.6 Å². The van der Waals surface area contributed by atoms with E-state index < -0.39 is 14.2 Å². The summed E-state index contributed by atoms with van der Waals surface area (Å²) in [5.41, 5.74) is 0.324. The highest BCUT2D eigenvalue weighted by molar-refractivity contribution is 7.48. The summed E-state index contributed by atoms with van der Waals surface area (Å²) in [6.07, 6.45) is -2.73. The van der Waals surface area contributed by atoms with Gasteiger partial charge in [-0.2, -0.15) is 0 Å². The number of phosphoric ester groups is 1. The van der Waals surface area contributed by atoms with Crippen molar-refractivity contribution in [2.75, 3.05) is 13.2 Å². The highest BCUT2D eigenvalue weighted by atomic mass is 31.2. The predicted molar refractivity (Wildman–Crippen MR) is 67.6 cm³/mol. The topological polar surface area (TPSA) is 44.8 Å². The molecule has 0 aliphatic carbocycles. The molecule has 0 aromatic heterocycles. The first-order valence-corrected chi connectivity index (χ1v) is 7.35. The second-order valence-corrected chi connectivity index (χ2v) is 5.31. The fourth-order valence-corrected chi connectivity index (χ4v) is 2.67. The van der Waals surface area contributed by atoms with Gasteiger partial charge in [0.15, 0.2) is 0 Å². The van der Waals surface area contributed by atoms with Crippen molar-refractivity contribution in [3.8, 4) is 5.75 Å². The van der Waals surface area contributed by atoms with Crippen LogP contribution in [0.15, 0.2) is 18.2 Å². The fourth-order valence-electron chi connectivity index (χ4n) is 1.45. The molecule has 108 valence electrons. The van der Waals surface area contributed by atoms with E-state index in [9.17, 15) is 13.3 Å². The summed E-state index contributed by atoms with van der Waals surface area (Å²) >= 11 is 0. The molecule has 1 rings (SSSR count). The van der Waals surface area contributed by atoms with Gasteiger partial charge < -0.3 is 4.52 Å². The Morgan fingerprint density at radius 2 is 1.79 bits per heavy atom. The minimum absolute atomic E-state index is 0.0904. The molecule has 0 aliphatic heterocycles. The molecule has 0 atom stereocenters. The summed E-state index contributed by atoms with van der Waals surface area (Å²) in [6, 6.07) is 4.20. The van der Waals surface area contributed by atoms with Crippen LogP contribution in [0, 0.1) is 6.92 Å². The van der Waals surface area contributed by atoms with E-state index in [2.05, 4.69) is 0 Å². The summed E-state index contributed by atoms with van der Waals surface area (Å²) in [5.74, 6) is -0.189. The summed E-state index contributed by atoms with van der Waals surface area (Å²) in [4.78, 5) is 0. The van der Waals surface area contributed by atoms with Crippen LogP contribution < -0.4 is 4.52 Å². The Balaban J connectivity index is 3.05. The average molecular weight is 294 g/mol. The lowest BCUT2D eigenvalue weighted by Crippen LogP contribution is -2.04. The van der Waals surface area contributed by atoms with Crippen LogP contribution >= 0.6 is 7.82 Å². The zero-order valence-electron chi connectivity index (χ0n) is 11.1. The lowest BCUT2D eigenvalue weighted by Gasteiger charge is -2.19.